The van der Waals surface area contributed by atoms with Gasteiger partial charge in [-0.3, -0.25) is 14.5 Å². The predicted octanol–water partition coefficient (Wildman–Crippen LogP) is 5.17. The first-order valence-electron chi connectivity index (χ1n) is 13.6. The van der Waals surface area contributed by atoms with Crippen molar-refractivity contribution in [3.05, 3.63) is 71.8 Å². The van der Waals surface area contributed by atoms with Crippen LogP contribution in [-0.2, 0) is 21.5 Å². The van der Waals surface area contributed by atoms with Crippen molar-refractivity contribution in [2.75, 3.05) is 6.54 Å². The molecule has 4 amide bonds. The van der Waals surface area contributed by atoms with Gasteiger partial charge in [-0.05, 0) is 36.8 Å². The molecule has 1 heterocycles. The van der Waals surface area contributed by atoms with Crippen molar-refractivity contribution in [1.29, 1.82) is 0 Å². The number of benzene rings is 2. The van der Waals surface area contributed by atoms with Crippen molar-refractivity contribution in [2.45, 2.75) is 88.3 Å². The fourth-order valence-corrected chi connectivity index (χ4v) is 6.45. The van der Waals surface area contributed by atoms with Crippen molar-refractivity contribution in [3.63, 3.8) is 0 Å². The van der Waals surface area contributed by atoms with E-state index in [1.54, 1.807) is 0 Å². The van der Waals surface area contributed by atoms with Crippen LogP contribution in [0.3, 0.4) is 0 Å². The largest absolute Gasteiger partial charge is 0.335 e. The number of amides is 4. The normalized spacial score (nSPS) is 23.5. The van der Waals surface area contributed by atoms with Crippen molar-refractivity contribution in [2.24, 2.45) is 0 Å². The van der Waals surface area contributed by atoms with E-state index in [2.05, 4.69) is 10.2 Å². The van der Waals surface area contributed by atoms with Crippen LogP contribution in [-0.4, -0.2) is 46.3 Å². The second-order valence-electron chi connectivity index (χ2n) is 10.6. The zero-order valence-corrected chi connectivity index (χ0v) is 21.0. The third-order valence-electron chi connectivity index (χ3n) is 8.27. The summed E-state index contributed by atoms with van der Waals surface area (Å²) in [5, 5.41) is 3.00. The summed E-state index contributed by atoms with van der Waals surface area (Å²) in [6.45, 7) is -0.193. The minimum atomic E-state index is -1.22. The van der Waals surface area contributed by atoms with Crippen LogP contribution in [0.5, 0.6) is 0 Å². The zero-order valence-electron chi connectivity index (χ0n) is 21.0. The van der Waals surface area contributed by atoms with E-state index in [0.29, 0.717) is 6.42 Å². The number of imide groups is 1. The lowest BCUT2D eigenvalue weighted by atomic mass is 9.83. The fourth-order valence-electron chi connectivity index (χ4n) is 6.45. The average molecular weight is 488 g/mol. The summed E-state index contributed by atoms with van der Waals surface area (Å²) < 4.78 is 0. The second-order valence-corrected chi connectivity index (χ2v) is 10.6. The van der Waals surface area contributed by atoms with E-state index in [0.717, 1.165) is 67.4 Å². The van der Waals surface area contributed by atoms with Crippen LogP contribution in [0.15, 0.2) is 60.7 Å². The molecule has 2 aromatic carbocycles. The topological polar surface area (TPSA) is 69.7 Å². The molecule has 6 heteroatoms. The van der Waals surface area contributed by atoms with Crippen molar-refractivity contribution >= 4 is 17.8 Å². The van der Waals surface area contributed by atoms with Crippen LogP contribution in [0, 0.1) is 0 Å². The first-order chi connectivity index (χ1) is 17.6. The van der Waals surface area contributed by atoms with Gasteiger partial charge in [-0.15, -0.1) is 0 Å². The lowest BCUT2D eigenvalue weighted by Crippen LogP contribution is -2.53. The lowest BCUT2D eigenvalue weighted by Gasteiger charge is -2.42. The molecule has 0 spiro atoms. The van der Waals surface area contributed by atoms with Gasteiger partial charge in [0.15, 0.2) is 5.54 Å². The molecule has 3 aliphatic rings. The SMILES string of the molecule is O=C1N[C@@](Cc2ccccc2)(c2ccccc2)C(=O)N1CC(=O)N(C1CCCCC1)C1CCCCC1. The number of urea groups is 1. The lowest BCUT2D eigenvalue weighted by molar-refractivity contribution is -0.143. The zero-order chi connectivity index (χ0) is 25.0. The molecule has 0 bridgehead atoms. The summed E-state index contributed by atoms with van der Waals surface area (Å²) in [6, 6.07) is 19.1. The van der Waals surface area contributed by atoms with Crippen LogP contribution in [0.4, 0.5) is 4.79 Å². The molecular weight excluding hydrogens is 450 g/mol. The number of nitrogens with zero attached hydrogens (tertiary/aromatic N) is 2. The van der Waals surface area contributed by atoms with Gasteiger partial charge < -0.3 is 10.2 Å². The number of carbonyl (C=O) groups excluding carboxylic acids is 3. The minimum Gasteiger partial charge on any atom is -0.335 e. The van der Waals surface area contributed by atoms with Crippen molar-refractivity contribution in [3.8, 4) is 0 Å². The maximum atomic E-state index is 14.0. The molecule has 0 aromatic heterocycles. The number of rotatable bonds is 7. The first kappa shape index (κ1) is 24.5. The quantitative estimate of drug-likeness (QED) is 0.548. The molecular formula is C30H37N3O3. The molecule has 2 aromatic rings. The van der Waals surface area contributed by atoms with Gasteiger partial charge in [-0.1, -0.05) is 99.2 Å². The third kappa shape index (κ3) is 4.91. The molecule has 1 atom stereocenters. The molecule has 190 valence electrons. The Morgan fingerprint density at radius 2 is 1.33 bits per heavy atom. The van der Waals surface area contributed by atoms with Gasteiger partial charge in [-0.25, -0.2) is 4.79 Å². The van der Waals surface area contributed by atoms with Gasteiger partial charge in [0.25, 0.3) is 5.91 Å². The van der Waals surface area contributed by atoms with E-state index >= 15 is 0 Å². The van der Waals surface area contributed by atoms with Gasteiger partial charge in [0.1, 0.15) is 6.54 Å². The maximum absolute atomic E-state index is 14.0. The van der Waals surface area contributed by atoms with E-state index in [9.17, 15) is 14.4 Å². The summed E-state index contributed by atoms with van der Waals surface area (Å²) in [6.07, 6.45) is 11.4. The van der Waals surface area contributed by atoms with Crippen molar-refractivity contribution < 1.29 is 14.4 Å². The summed E-state index contributed by atoms with van der Waals surface area (Å²) in [7, 11) is 0. The van der Waals surface area contributed by atoms with Gasteiger partial charge in [0.05, 0.1) is 0 Å². The molecule has 3 fully saturated rings. The van der Waals surface area contributed by atoms with Gasteiger partial charge >= 0.3 is 6.03 Å². The number of hydrogen-bond donors (Lipinski definition) is 1. The molecule has 0 unspecified atom stereocenters. The predicted molar refractivity (Wildman–Crippen MR) is 139 cm³/mol. The second kappa shape index (κ2) is 10.9. The minimum absolute atomic E-state index is 0.0825. The highest BCUT2D eigenvalue weighted by molar-refractivity contribution is 6.09. The monoisotopic (exact) mass is 487 g/mol. The Kier molecular flexibility index (Phi) is 7.40. The Morgan fingerprint density at radius 1 is 0.806 bits per heavy atom. The Hall–Kier alpha value is -3.15. The smallest absolute Gasteiger partial charge is 0.325 e. The summed E-state index contributed by atoms with van der Waals surface area (Å²) >= 11 is 0. The Morgan fingerprint density at radius 3 is 1.89 bits per heavy atom. The highest BCUT2D eigenvalue weighted by atomic mass is 16.2. The summed E-state index contributed by atoms with van der Waals surface area (Å²) in [5.41, 5.74) is 0.466. The van der Waals surface area contributed by atoms with Crippen LogP contribution in [0.25, 0.3) is 0 Å². The Labute approximate surface area is 214 Å². The van der Waals surface area contributed by atoms with Gasteiger partial charge in [-0.2, -0.15) is 0 Å². The molecule has 6 nitrogen and oxygen atoms in total. The molecule has 1 aliphatic heterocycles. The van der Waals surface area contributed by atoms with Crippen LogP contribution in [0.1, 0.15) is 75.3 Å². The average Bonchev–Trinajstić information content (AvgIpc) is 3.16. The fraction of sp³-hybridized carbons (Fsp3) is 0.500. The molecule has 36 heavy (non-hydrogen) atoms. The van der Waals surface area contributed by atoms with Gasteiger partial charge in [0.2, 0.25) is 5.91 Å². The molecule has 2 saturated carbocycles. The maximum Gasteiger partial charge on any atom is 0.325 e. The molecule has 2 aliphatic carbocycles. The molecule has 1 N–H and O–H groups in total. The highest BCUT2D eigenvalue weighted by Gasteiger charge is 2.53. The molecule has 1 saturated heterocycles. The van der Waals surface area contributed by atoms with E-state index in [-0.39, 0.29) is 30.4 Å². The van der Waals surface area contributed by atoms with Crippen LogP contribution in [0.2, 0.25) is 0 Å². The van der Waals surface area contributed by atoms with Crippen LogP contribution < -0.4 is 5.32 Å². The number of hydrogen-bond acceptors (Lipinski definition) is 3. The van der Waals surface area contributed by atoms with E-state index in [1.807, 2.05) is 60.7 Å². The summed E-state index contributed by atoms with van der Waals surface area (Å²) in [4.78, 5) is 44.4. The Bertz CT molecular complexity index is 1040. The van der Waals surface area contributed by atoms with Crippen molar-refractivity contribution in [1.82, 2.24) is 15.1 Å². The summed E-state index contributed by atoms with van der Waals surface area (Å²) in [5.74, 6) is -0.427. The number of nitrogens with one attached hydrogen (secondary N) is 1. The molecule has 0 radical (unpaired) electrons. The van der Waals surface area contributed by atoms with E-state index in [4.69, 9.17) is 0 Å². The first-order valence-corrected chi connectivity index (χ1v) is 13.6. The van der Waals surface area contributed by atoms with E-state index < -0.39 is 11.6 Å². The number of carbonyl (C=O) groups is 3. The van der Waals surface area contributed by atoms with Crippen LogP contribution >= 0.6 is 0 Å². The van der Waals surface area contributed by atoms with Gasteiger partial charge in [0, 0.05) is 18.5 Å². The molecule has 5 rings (SSSR count). The Balaban J connectivity index is 1.42. The third-order valence-corrected chi connectivity index (χ3v) is 8.27. The highest BCUT2D eigenvalue weighted by Crippen LogP contribution is 2.34. The van der Waals surface area contributed by atoms with E-state index in [1.165, 1.54) is 12.8 Å². The standard InChI is InChI=1S/C30H37N3O3/c34-27(33(25-17-9-3-10-18-25)26-19-11-4-12-20-26)22-32-28(35)30(31-29(32)36,24-15-7-2-8-16-24)21-23-13-5-1-6-14-23/h1-2,5-8,13-16,25-26H,3-4,9-12,17-22H2,(H,31,36)/t30-/m0/s1.